The normalized spacial score (nSPS) is 14.7. The lowest BCUT2D eigenvalue weighted by molar-refractivity contribution is 0.337. The predicted molar refractivity (Wildman–Crippen MR) is 70.4 cm³/mol. The molecule has 98 valence electrons. The van der Waals surface area contributed by atoms with Gasteiger partial charge in [0.2, 0.25) is 10.0 Å². The van der Waals surface area contributed by atoms with Gasteiger partial charge in [0.25, 0.3) is 0 Å². The summed E-state index contributed by atoms with van der Waals surface area (Å²) in [7, 11) is -1.43. The summed E-state index contributed by atoms with van der Waals surface area (Å²) in [5.41, 5.74) is 0. The highest BCUT2D eigenvalue weighted by molar-refractivity contribution is 7.89. The van der Waals surface area contributed by atoms with Gasteiger partial charge in [0.05, 0.1) is 5.75 Å². The quantitative estimate of drug-likeness (QED) is 0.502. The Balaban J connectivity index is 4.27. The van der Waals surface area contributed by atoms with Crippen molar-refractivity contribution in [1.29, 1.82) is 0 Å². The van der Waals surface area contributed by atoms with Crippen molar-refractivity contribution in [2.75, 3.05) is 18.7 Å². The van der Waals surface area contributed by atoms with E-state index in [-0.39, 0.29) is 11.8 Å². The van der Waals surface area contributed by atoms with Gasteiger partial charge < -0.3 is 0 Å². The molecular formula is C11H24ClNO2S. The van der Waals surface area contributed by atoms with E-state index < -0.39 is 10.0 Å². The van der Waals surface area contributed by atoms with Gasteiger partial charge in [0, 0.05) is 19.0 Å². The van der Waals surface area contributed by atoms with Crippen LogP contribution in [0.1, 0.15) is 40.0 Å². The maximum atomic E-state index is 11.9. The van der Waals surface area contributed by atoms with E-state index in [0.29, 0.717) is 18.2 Å². The zero-order valence-electron chi connectivity index (χ0n) is 10.7. The number of alkyl halides is 1. The first kappa shape index (κ1) is 16.2. The molecule has 1 unspecified atom stereocenters. The first-order chi connectivity index (χ1) is 7.31. The van der Waals surface area contributed by atoms with Gasteiger partial charge in [-0.2, -0.15) is 0 Å². The molecule has 0 heterocycles. The predicted octanol–water partition coefficient (Wildman–Crippen LogP) is 2.70. The molecule has 3 nitrogen and oxygen atoms in total. The molecule has 0 bridgehead atoms. The fraction of sp³-hybridized carbons (Fsp3) is 1.00. The van der Waals surface area contributed by atoms with Gasteiger partial charge in [-0.25, -0.2) is 12.7 Å². The van der Waals surface area contributed by atoms with Crippen LogP contribution in [-0.4, -0.2) is 37.4 Å². The minimum atomic E-state index is -3.10. The van der Waals surface area contributed by atoms with Gasteiger partial charge in [-0.3, -0.25) is 0 Å². The summed E-state index contributed by atoms with van der Waals surface area (Å²) in [6.45, 7) is 6.16. The van der Waals surface area contributed by atoms with Crippen LogP contribution in [0.3, 0.4) is 0 Å². The molecule has 0 aliphatic carbocycles. The average Bonchev–Trinajstić information content (AvgIpc) is 2.15. The summed E-state index contributed by atoms with van der Waals surface area (Å²) in [6, 6.07) is 0.0704. The smallest absolute Gasteiger partial charge is 0.212 e. The zero-order chi connectivity index (χ0) is 12.8. The molecule has 0 fully saturated rings. The molecule has 0 saturated carbocycles. The lowest BCUT2D eigenvalue weighted by Gasteiger charge is -2.25. The van der Waals surface area contributed by atoms with E-state index in [1.807, 2.05) is 6.92 Å². The number of hydrogen-bond donors (Lipinski definition) is 0. The van der Waals surface area contributed by atoms with E-state index in [2.05, 4.69) is 13.8 Å². The van der Waals surface area contributed by atoms with Crippen LogP contribution in [0.2, 0.25) is 0 Å². The summed E-state index contributed by atoms with van der Waals surface area (Å²) in [6.07, 6.45) is 2.29. The monoisotopic (exact) mass is 269 g/mol. The van der Waals surface area contributed by atoms with Gasteiger partial charge in [-0.1, -0.05) is 13.8 Å². The van der Waals surface area contributed by atoms with Crippen LogP contribution in [0.15, 0.2) is 0 Å². The zero-order valence-corrected chi connectivity index (χ0v) is 12.3. The standard InChI is InChI=1S/C11H24ClNO2S/c1-10(2)9-11(3)13(4)16(14,15)8-6-5-7-12/h10-11H,5-9H2,1-4H3. The highest BCUT2D eigenvalue weighted by Crippen LogP contribution is 2.14. The van der Waals surface area contributed by atoms with E-state index in [1.165, 1.54) is 4.31 Å². The summed E-state index contributed by atoms with van der Waals surface area (Å²) < 4.78 is 25.3. The topological polar surface area (TPSA) is 37.4 Å². The summed E-state index contributed by atoms with van der Waals surface area (Å²) in [5, 5.41) is 0. The Morgan fingerprint density at radius 2 is 1.75 bits per heavy atom. The van der Waals surface area contributed by atoms with Gasteiger partial charge in [-0.15, -0.1) is 11.6 Å². The van der Waals surface area contributed by atoms with Gasteiger partial charge >= 0.3 is 0 Å². The lowest BCUT2D eigenvalue weighted by atomic mass is 10.1. The number of halogens is 1. The van der Waals surface area contributed by atoms with E-state index in [0.717, 1.165) is 12.8 Å². The maximum absolute atomic E-state index is 11.9. The van der Waals surface area contributed by atoms with Gasteiger partial charge in [0.15, 0.2) is 0 Å². The Morgan fingerprint density at radius 1 is 1.19 bits per heavy atom. The van der Waals surface area contributed by atoms with Crippen LogP contribution in [0.25, 0.3) is 0 Å². The number of nitrogens with zero attached hydrogens (tertiary/aromatic N) is 1. The van der Waals surface area contributed by atoms with Crippen molar-refractivity contribution in [2.45, 2.75) is 46.1 Å². The van der Waals surface area contributed by atoms with Gasteiger partial charge in [0.1, 0.15) is 0 Å². The van der Waals surface area contributed by atoms with Crippen LogP contribution in [-0.2, 0) is 10.0 Å². The molecule has 0 aromatic rings. The largest absolute Gasteiger partial charge is 0.214 e. The average molecular weight is 270 g/mol. The second kappa shape index (κ2) is 7.51. The molecule has 0 aromatic heterocycles. The molecular weight excluding hydrogens is 246 g/mol. The van der Waals surface area contributed by atoms with Crippen LogP contribution in [0.5, 0.6) is 0 Å². The Bertz CT molecular complexity index is 278. The molecule has 0 rings (SSSR count). The van der Waals surface area contributed by atoms with E-state index in [1.54, 1.807) is 7.05 Å². The highest BCUT2D eigenvalue weighted by Gasteiger charge is 2.22. The molecule has 0 amide bonds. The molecule has 0 spiro atoms. The fourth-order valence-corrected chi connectivity index (χ4v) is 3.31. The van der Waals surface area contributed by atoms with Crippen molar-refractivity contribution in [1.82, 2.24) is 4.31 Å². The fourth-order valence-electron chi connectivity index (χ4n) is 1.63. The molecule has 0 N–H and O–H groups in total. The van der Waals surface area contributed by atoms with Crippen molar-refractivity contribution in [3.8, 4) is 0 Å². The van der Waals surface area contributed by atoms with Gasteiger partial charge in [-0.05, 0) is 32.1 Å². The first-order valence-corrected chi connectivity index (χ1v) is 7.97. The molecule has 0 radical (unpaired) electrons. The van der Waals surface area contributed by atoms with Crippen molar-refractivity contribution in [2.24, 2.45) is 5.92 Å². The summed E-state index contributed by atoms with van der Waals surface area (Å²) in [5.74, 6) is 1.25. The molecule has 5 heteroatoms. The Hall–Kier alpha value is 0.200. The van der Waals surface area contributed by atoms with Crippen LogP contribution < -0.4 is 0 Å². The van der Waals surface area contributed by atoms with Crippen LogP contribution >= 0.6 is 11.6 Å². The molecule has 0 aliphatic rings. The SMILES string of the molecule is CC(C)CC(C)N(C)S(=O)(=O)CCCCCl. The molecule has 0 aliphatic heterocycles. The number of rotatable bonds is 8. The van der Waals surface area contributed by atoms with E-state index >= 15 is 0 Å². The van der Waals surface area contributed by atoms with E-state index in [9.17, 15) is 8.42 Å². The number of unbranched alkanes of at least 4 members (excludes halogenated alkanes) is 1. The lowest BCUT2D eigenvalue weighted by Crippen LogP contribution is -2.37. The third-order valence-corrected chi connectivity index (χ3v) is 4.97. The van der Waals surface area contributed by atoms with Crippen molar-refractivity contribution >= 4 is 21.6 Å². The van der Waals surface area contributed by atoms with Crippen molar-refractivity contribution < 1.29 is 8.42 Å². The van der Waals surface area contributed by atoms with Crippen molar-refractivity contribution in [3.05, 3.63) is 0 Å². The molecule has 0 aromatic carbocycles. The van der Waals surface area contributed by atoms with E-state index in [4.69, 9.17) is 11.6 Å². The Labute approximate surface area is 105 Å². The Kier molecular flexibility index (Phi) is 7.61. The Morgan fingerprint density at radius 3 is 2.19 bits per heavy atom. The van der Waals surface area contributed by atoms with Crippen LogP contribution in [0.4, 0.5) is 0 Å². The third kappa shape index (κ3) is 6.06. The second-order valence-corrected chi connectivity index (χ2v) is 7.23. The maximum Gasteiger partial charge on any atom is 0.214 e. The minimum Gasteiger partial charge on any atom is -0.212 e. The third-order valence-electron chi connectivity index (χ3n) is 2.66. The van der Waals surface area contributed by atoms with Crippen LogP contribution in [0, 0.1) is 5.92 Å². The summed E-state index contributed by atoms with van der Waals surface area (Å²) in [4.78, 5) is 0. The molecule has 0 saturated heterocycles. The summed E-state index contributed by atoms with van der Waals surface area (Å²) >= 11 is 5.53. The molecule has 1 atom stereocenters. The number of hydrogen-bond acceptors (Lipinski definition) is 2. The van der Waals surface area contributed by atoms with Crippen molar-refractivity contribution in [3.63, 3.8) is 0 Å². The minimum absolute atomic E-state index is 0.0704. The number of sulfonamides is 1. The second-order valence-electron chi connectivity index (χ2n) is 4.71. The highest BCUT2D eigenvalue weighted by atomic mass is 35.5. The molecule has 16 heavy (non-hydrogen) atoms. The first-order valence-electron chi connectivity index (χ1n) is 5.83.